The summed E-state index contributed by atoms with van der Waals surface area (Å²) in [5.74, 6) is -0.224. The number of carbonyl (C=O) groups excluding carboxylic acids is 2. The largest absolute Gasteiger partial charge is 0.497 e. The van der Waals surface area contributed by atoms with E-state index in [4.69, 9.17) is 17.0 Å². The zero-order valence-corrected chi connectivity index (χ0v) is 18.9. The number of nitrogens with one attached hydrogen (secondary N) is 1. The molecule has 2 aliphatic rings. The number of methoxy groups -OCH3 is 1. The van der Waals surface area contributed by atoms with E-state index >= 15 is 0 Å². The molecule has 1 aromatic heterocycles. The Morgan fingerprint density at radius 3 is 2.42 bits per heavy atom. The predicted octanol–water partition coefficient (Wildman–Crippen LogP) is 4.45. The summed E-state index contributed by atoms with van der Waals surface area (Å²) in [5, 5.41) is 2.73. The molecule has 4 rings (SSSR count). The van der Waals surface area contributed by atoms with Gasteiger partial charge >= 0.3 is 0 Å². The summed E-state index contributed by atoms with van der Waals surface area (Å²) in [6.45, 7) is 4.15. The fourth-order valence-electron chi connectivity index (χ4n) is 4.63. The number of carbonyl (C=O) groups is 2. The second-order valence-electron chi connectivity index (χ2n) is 8.14. The molecule has 7 heteroatoms. The van der Waals surface area contributed by atoms with Gasteiger partial charge in [-0.15, -0.1) is 0 Å². The van der Waals surface area contributed by atoms with E-state index < -0.39 is 11.8 Å². The number of aryl methyl sites for hydroxylation is 1. The van der Waals surface area contributed by atoms with Gasteiger partial charge in [-0.3, -0.25) is 19.8 Å². The molecule has 162 valence electrons. The van der Waals surface area contributed by atoms with Crippen LogP contribution in [-0.4, -0.2) is 28.6 Å². The van der Waals surface area contributed by atoms with Crippen molar-refractivity contribution in [2.75, 3.05) is 12.0 Å². The SMILES string of the molecule is COc1ccc(N2C(=O)C(=Cc3cc(C)n(C4CCCCC4)c3C)C(=O)NC2=S)cc1. The smallest absolute Gasteiger partial charge is 0.270 e. The second kappa shape index (κ2) is 8.67. The summed E-state index contributed by atoms with van der Waals surface area (Å²) < 4.78 is 7.55. The molecule has 1 N–H and O–H groups in total. The molecule has 1 aromatic carbocycles. The Labute approximate surface area is 187 Å². The van der Waals surface area contributed by atoms with Crippen LogP contribution in [0.2, 0.25) is 0 Å². The van der Waals surface area contributed by atoms with Gasteiger partial charge in [-0.1, -0.05) is 19.3 Å². The van der Waals surface area contributed by atoms with Crippen LogP contribution >= 0.6 is 12.2 Å². The molecule has 0 bridgehead atoms. The molecule has 1 aliphatic carbocycles. The maximum absolute atomic E-state index is 13.3. The molecule has 2 heterocycles. The van der Waals surface area contributed by atoms with Gasteiger partial charge in [0, 0.05) is 17.4 Å². The molecule has 1 saturated heterocycles. The predicted molar refractivity (Wildman–Crippen MR) is 125 cm³/mol. The second-order valence-corrected chi connectivity index (χ2v) is 8.53. The lowest BCUT2D eigenvalue weighted by molar-refractivity contribution is -0.122. The van der Waals surface area contributed by atoms with Crippen LogP contribution in [-0.2, 0) is 9.59 Å². The van der Waals surface area contributed by atoms with Crippen LogP contribution in [0.1, 0.15) is 55.1 Å². The Balaban J connectivity index is 1.68. The van der Waals surface area contributed by atoms with Crippen LogP contribution in [0.3, 0.4) is 0 Å². The third-order valence-electron chi connectivity index (χ3n) is 6.20. The Bertz CT molecular complexity index is 1060. The fraction of sp³-hybridized carbons (Fsp3) is 0.375. The standard InChI is InChI=1S/C24H27N3O3S/c1-15-13-17(16(2)26(15)18-7-5-4-6-8-18)14-21-22(28)25-24(31)27(23(21)29)19-9-11-20(30-3)12-10-19/h9-14,18H,4-8H2,1-3H3,(H,25,28,31). The number of hydrogen-bond acceptors (Lipinski definition) is 4. The van der Waals surface area contributed by atoms with Gasteiger partial charge in [-0.2, -0.15) is 0 Å². The van der Waals surface area contributed by atoms with E-state index in [1.165, 1.54) is 37.0 Å². The fourth-order valence-corrected chi connectivity index (χ4v) is 4.91. The molecular weight excluding hydrogens is 410 g/mol. The van der Waals surface area contributed by atoms with Crippen molar-refractivity contribution in [1.82, 2.24) is 9.88 Å². The maximum Gasteiger partial charge on any atom is 0.270 e. The third-order valence-corrected chi connectivity index (χ3v) is 6.48. The molecule has 6 nitrogen and oxygen atoms in total. The number of amides is 2. The van der Waals surface area contributed by atoms with Gasteiger partial charge in [0.25, 0.3) is 11.8 Å². The monoisotopic (exact) mass is 437 g/mol. The Hall–Kier alpha value is -2.93. The number of anilines is 1. The molecule has 31 heavy (non-hydrogen) atoms. The maximum atomic E-state index is 13.3. The molecule has 0 radical (unpaired) electrons. The van der Waals surface area contributed by atoms with E-state index in [0.29, 0.717) is 17.5 Å². The summed E-state index contributed by atoms with van der Waals surface area (Å²) in [5.41, 5.74) is 3.79. The zero-order chi connectivity index (χ0) is 22.1. The highest BCUT2D eigenvalue weighted by atomic mass is 32.1. The number of ether oxygens (including phenoxy) is 1. The van der Waals surface area contributed by atoms with Gasteiger partial charge in [-0.25, -0.2) is 0 Å². The third kappa shape index (κ3) is 4.02. The molecule has 0 unspecified atom stereocenters. The van der Waals surface area contributed by atoms with E-state index in [1.54, 1.807) is 37.5 Å². The van der Waals surface area contributed by atoms with Crippen LogP contribution < -0.4 is 15.0 Å². The Morgan fingerprint density at radius 2 is 1.77 bits per heavy atom. The van der Waals surface area contributed by atoms with Gasteiger partial charge < -0.3 is 9.30 Å². The first-order chi connectivity index (χ1) is 14.9. The minimum absolute atomic E-state index is 0.0741. The molecule has 2 fully saturated rings. The minimum atomic E-state index is -0.470. The number of thiocarbonyl (C=S) groups is 1. The lowest BCUT2D eigenvalue weighted by atomic mass is 9.95. The van der Waals surface area contributed by atoms with Crippen LogP contribution in [0.5, 0.6) is 5.75 Å². The summed E-state index contributed by atoms with van der Waals surface area (Å²) in [6.07, 6.45) is 7.82. The van der Waals surface area contributed by atoms with Crippen molar-refractivity contribution >= 4 is 40.9 Å². The number of aromatic nitrogens is 1. The topological polar surface area (TPSA) is 63.6 Å². The Kier molecular flexibility index (Phi) is 5.96. The summed E-state index contributed by atoms with van der Waals surface area (Å²) in [6, 6.07) is 9.54. The van der Waals surface area contributed by atoms with Crippen LogP contribution in [0.25, 0.3) is 6.08 Å². The highest BCUT2D eigenvalue weighted by molar-refractivity contribution is 7.80. The summed E-state index contributed by atoms with van der Waals surface area (Å²) in [4.78, 5) is 27.3. The van der Waals surface area contributed by atoms with Crippen molar-refractivity contribution in [3.63, 3.8) is 0 Å². The number of rotatable bonds is 4. The quantitative estimate of drug-likeness (QED) is 0.436. The van der Waals surface area contributed by atoms with Gasteiger partial charge in [-0.05, 0) is 80.9 Å². The van der Waals surface area contributed by atoms with Gasteiger partial charge in [0.05, 0.1) is 12.8 Å². The lowest BCUT2D eigenvalue weighted by Gasteiger charge is -2.29. The van der Waals surface area contributed by atoms with Crippen molar-refractivity contribution in [3.05, 3.63) is 52.9 Å². The molecule has 2 aromatic rings. The first kappa shape index (κ1) is 21.3. The molecule has 1 saturated carbocycles. The van der Waals surface area contributed by atoms with E-state index in [9.17, 15) is 9.59 Å². The van der Waals surface area contributed by atoms with Crippen LogP contribution in [0.4, 0.5) is 5.69 Å². The lowest BCUT2D eigenvalue weighted by Crippen LogP contribution is -2.54. The van der Waals surface area contributed by atoms with Gasteiger partial charge in [0.2, 0.25) is 0 Å². The molecule has 0 atom stereocenters. The Morgan fingerprint density at radius 1 is 1.10 bits per heavy atom. The minimum Gasteiger partial charge on any atom is -0.497 e. The van der Waals surface area contributed by atoms with E-state index in [2.05, 4.69) is 29.8 Å². The van der Waals surface area contributed by atoms with Crippen LogP contribution in [0.15, 0.2) is 35.9 Å². The summed E-state index contributed by atoms with van der Waals surface area (Å²) in [7, 11) is 1.58. The molecule has 1 aliphatic heterocycles. The van der Waals surface area contributed by atoms with Crippen molar-refractivity contribution in [2.45, 2.75) is 52.0 Å². The van der Waals surface area contributed by atoms with Gasteiger partial charge in [0.15, 0.2) is 5.11 Å². The molecular formula is C24H27N3O3S. The first-order valence-corrected chi connectivity index (χ1v) is 11.1. The van der Waals surface area contributed by atoms with Crippen molar-refractivity contribution in [1.29, 1.82) is 0 Å². The number of hydrogen-bond donors (Lipinski definition) is 1. The number of benzene rings is 1. The van der Waals surface area contributed by atoms with Crippen LogP contribution in [0, 0.1) is 13.8 Å². The molecule has 0 spiro atoms. The number of nitrogens with zero attached hydrogens (tertiary/aromatic N) is 2. The van der Waals surface area contributed by atoms with E-state index in [1.807, 2.05) is 0 Å². The van der Waals surface area contributed by atoms with Crippen molar-refractivity contribution in [3.8, 4) is 5.75 Å². The highest BCUT2D eigenvalue weighted by Gasteiger charge is 2.35. The average molecular weight is 438 g/mol. The van der Waals surface area contributed by atoms with Crippen molar-refractivity contribution in [2.24, 2.45) is 0 Å². The summed E-state index contributed by atoms with van der Waals surface area (Å²) >= 11 is 5.29. The van der Waals surface area contributed by atoms with E-state index in [-0.39, 0.29) is 10.7 Å². The normalized spacial score (nSPS) is 19.1. The first-order valence-electron chi connectivity index (χ1n) is 10.6. The zero-order valence-electron chi connectivity index (χ0n) is 18.1. The average Bonchev–Trinajstić information content (AvgIpc) is 3.05. The van der Waals surface area contributed by atoms with Crippen molar-refractivity contribution < 1.29 is 14.3 Å². The van der Waals surface area contributed by atoms with E-state index in [0.717, 1.165) is 17.0 Å². The highest BCUT2D eigenvalue weighted by Crippen LogP contribution is 2.33. The van der Waals surface area contributed by atoms with Gasteiger partial charge in [0.1, 0.15) is 11.3 Å². The molecule has 2 amide bonds.